The van der Waals surface area contributed by atoms with Gasteiger partial charge in [0.1, 0.15) is 6.04 Å². The van der Waals surface area contributed by atoms with E-state index in [9.17, 15) is 19.7 Å². The van der Waals surface area contributed by atoms with E-state index >= 15 is 0 Å². The van der Waals surface area contributed by atoms with Crippen LogP contribution in [0.5, 0.6) is 0 Å². The van der Waals surface area contributed by atoms with Crippen LogP contribution in [0.1, 0.15) is 43.3 Å². The first-order chi connectivity index (χ1) is 9.60. The van der Waals surface area contributed by atoms with Crippen molar-refractivity contribution in [1.82, 2.24) is 5.32 Å². The van der Waals surface area contributed by atoms with Gasteiger partial charge in [0, 0.05) is 6.07 Å². The summed E-state index contributed by atoms with van der Waals surface area (Å²) in [5, 5.41) is 22.0. The Kier molecular flexibility index (Phi) is 5.42. The molecule has 0 aliphatic heterocycles. The van der Waals surface area contributed by atoms with Gasteiger partial charge in [0.25, 0.3) is 5.91 Å². The molecule has 0 fully saturated rings. The zero-order chi connectivity index (χ0) is 16.2. The third-order valence-electron chi connectivity index (χ3n) is 2.78. The molecule has 1 heterocycles. The van der Waals surface area contributed by atoms with Gasteiger partial charge in [-0.2, -0.15) is 0 Å². The van der Waals surface area contributed by atoms with Crippen LogP contribution in [0.25, 0.3) is 0 Å². The molecule has 0 saturated carbocycles. The van der Waals surface area contributed by atoms with Gasteiger partial charge in [0.05, 0.1) is 9.80 Å². The van der Waals surface area contributed by atoms with E-state index in [0.29, 0.717) is 12.8 Å². The first kappa shape index (κ1) is 17.1. The van der Waals surface area contributed by atoms with Crippen molar-refractivity contribution in [2.45, 2.75) is 39.7 Å². The summed E-state index contributed by atoms with van der Waals surface area (Å²) in [6, 6.07) is 1.54. The Morgan fingerprint density at radius 3 is 2.48 bits per heavy atom. The number of thiophene rings is 1. The third-order valence-corrected chi connectivity index (χ3v) is 3.82. The maximum absolute atomic E-state index is 11.9. The average molecular weight is 314 g/mol. The predicted octanol–water partition coefficient (Wildman–Crippen LogP) is 2.67. The van der Waals surface area contributed by atoms with Crippen LogP contribution in [0.4, 0.5) is 5.00 Å². The Bertz CT molecular complexity index is 547. The highest BCUT2D eigenvalue weighted by Crippen LogP contribution is 2.25. The van der Waals surface area contributed by atoms with E-state index in [4.69, 9.17) is 5.11 Å². The highest BCUT2D eigenvalue weighted by atomic mass is 32.1. The van der Waals surface area contributed by atoms with Gasteiger partial charge in [-0.05, 0) is 24.3 Å². The van der Waals surface area contributed by atoms with Gasteiger partial charge in [-0.15, -0.1) is 0 Å². The SMILES string of the molecule is CC(C)(C)CCC(NC(=O)c1ccc([N+](=O)[O-])s1)C(=O)O. The van der Waals surface area contributed by atoms with Crippen molar-refractivity contribution in [3.63, 3.8) is 0 Å². The smallest absolute Gasteiger partial charge is 0.326 e. The van der Waals surface area contributed by atoms with Crippen LogP contribution < -0.4 is 5.32 Å². The zero-order valence-corrected chi connectivity index (χ0v) is 12.9. The van der Waals surface area contributed by atoms with Crippen molar-refractivity contribution in [2.75, 3.05) is 0 Å². The van der Waals surface area contributed by atoms with Crippen LogP contribution in [0.3, 0.4) is 0 Å². The number of nitrogens with zero attached hydrogens (tertiary/aromatic N) is 1. The van der Waals surface area contributed by atoms with E-state index in [1.165, 1.54) is 12.1 Å². The number of rotatable bonds is 6. The number of carbonyl (C=O) groups is 2. The number of hydrogen-bond donors (Lipinski definition) is 2. The molecule has 0 aliphatic rings. The highest BCUT2D eigenvalue weighted by Gasteiger charge is 2.24. The van der Waals surface area contributed by atoms with Crippen molar-refractivity contribution in [1.29, 1.82) is 0 Å². The van der Waals surface area contributed by atoms with Crippen LogP contribution in [0.15, 0.2) is 12.1 Å². The largest absolute Gasteiger partial charge is 0.480 e. The minimum atomic E-state index is -1.11. The Labute approximate surface area is 126 Å². The molecule has 1 unspecified atom stereocenters. The lowest BCUT2D eigenvalue weighted by Crippen LogP contribution is -2.41. The van der Waals surface area contributed by atoms with Gasteiger partial charge in [-0.1, -0.05) is 32.1 Å². The van der Waals surface area contributed by atoms with E-state index in [2.05, 4.69) is 5.32 Å². The molecule has 7 nitrogen and oxygen atoms in total. The molecular weight excluding hydrogens is 296 g/mol. The second-order valence-electron chi connectivity index (χ2n) is 5.86. The fourth-order valence-corrected chi connectivity index (χ4v) is 2.34. The number of aliphatic carboxylic acids is 1. The summed E-state index contributed by atoms with van der Waals surface area (Å²) in [4.78, 5) is 33.2. The molecule has 1 aromatic rings. The summed E-state index contributed by atoms with van der Waals surface area (Å²) in [5.41, 5.74) is -0.0415. The molecule has 0 aliphatic carbocycles. The first-order valence-corrected chi connectivity index (χ1v) is 7.20. The number of carbonyl (C=O) groups excluding carboxylic acids is 1. The lowest BCUT2D eigenvalue weighted by Gasteiger charge is -2.21. The van der Waals surface area contributed by atoms with Gasteiger partial charge in [0.2, 0.25) is 0 Å². The van der Waals surface area contributed by atoms with Crippen molar-refractivity contribution >= 4 is 28.2 Å². The van der Waals surface area contributed by atoms with Crippen LogP contribution in [0.2, 0.25) is 0 Å². The van der Waals surface area contributed by atoms with E-state index in [-0.39, 0.29) is 15.3 Å². The van der Waals surface area contributed by atoms with Gasteiger partial charge in [-0.25, -0.2) is 4.79 Å². The van der Waals surface area contributed by atoms with Crippen LogP contribution in [-0.2, 0) is 4.79 Å². The summed E-state index contributed by atoms with van der Waals surface area (Å²) in [5.74, 6) is -1.71. The maximum Gasteiger partial charge on any atom is 0.326 e. The van der Waals surface area contributed by atoms with Gasteiger partial charge in [-0.3, -0.25) is 14.9 Å². The number of carboxylic acid groups (broad SMARTS) is 1. The zero-order valence-electron chi connectivity index (χ0n) is 12.1. The average Bonchev–Trinajstić information content (AvgIpc) is 2.82. The van der Waals surface area contributed by atoms with E-state index in [1.807, 2.05) is 20.8 Å². The van der Waals surface area contributed by atoms with Gasteiger partial charge >= 0.3 is 11.0 Å². The van der Waals surface area contributed by atoms with Crippen molar-refractivity contribution in [3.8, 4) is 0 Å². The van der Waals surface area contributed by atoms with Crippen molar-refractivity contribution in [3.05, 3.63) is 27.1 Å². The molecule has 21 heavy (non-hydrogen) atoms. The molecule has 0 spiro atoms. The normalized spacial score (nSPS) is 12.7. The Morgan fingerprint density at radius 2 is 2.05 bits per heavy atom. The fourth-order valence-electron chi connectivity index (χ4n) is 1.61. The van der Waals surface area contributed by atoms with E-state index in [1.54, 1.807) is 0 Å². The Hall–Kier alpha value is -1.96. The summed E-state index contributed by atoms with van der Waals surface area (Å²) in [6.45, 7) is 5.95. The number of nitrogens with one attached hydrogen (secondary N) is 1. The Morgan fingerprint density at radius 1 is 1.43 bits per heavy atom. The van der Waals surface area contributed by atoms with Crippen molar-refractivity contribution in [2.24, 2.45) is 5.41 Å². The summed E-state index contributed by atoms with van der Waals surface area (Å²) < 4.78 is 0. The Balaban J connectivity index is 2.71. The molecule has 0 radical (unpaired) electrons. The highest BCUT2D eigenvalue weighted by molar-refractivity contribution is 7.17. The van der Waals surface area contributed by atoms with Crippen LogP contribution in [0, 0.1) is 15.5 Å². The molecule has 2 N–H and O–H groups in total. The van der Waals surface area contributed by atoms with Crippen molar-refractivity contribution < 1.29 is 19.6 Å². The number of amides is 1. The third kappa shape index (κ3) is 5.50. The fraction of sp³-hybridized carbons (Fsp3) is 0.538. The first-order valence-electron chi connectivity index (χ1n) is 6.38. The minimum absolute atomic E-state index is 0.0415. The standard InChI is InChI=1S/C13H18N2O5S/c1-13(2,3)7-6-8(12(17)18)14-11(16)9-4-5-10(21-9)15(19)20/h4-5,8H,6-7H2,1-3H3,(H,14,16)(H,17,18). The number of nitro groups is 1. The quantitative estimate of drug-likeness (QED) is 0.619. The lowest BCUT2D eigenvalue weighted by atomic mass is 9.88. The topological polar surface area (TPSA) is 110 Å². The lowest BCUT2D eigenvalue weighted by molar-refractivity contribution is -0.380. The number of carboxylic acids is 1. The number of hydrogen-bond acceptors (Lipinski definition) is 5. The second-order valence-corrected chi connectivity index (χ2v) is 6.92. The van der Waals surface area contributed by atoms with Crippen LogP contribution >= 0.6 is 11.3 Å². The molecule has 0 aromatic carbocycles. The van der Waals surface area contributed by atoms with Gasteiger partial charge in [0.15, 0.2) is 0 Å². The monoisotopic (exact) mass is 314 g/mol. The predicted molar refractivity (Wildman–Crippen MR) is 78.6 cm³/mol. The molecule has 1 atom stereocenters. The summed E-state index contributed by atoms with van der Waals surface area (Å²) in [7, 11) is 0. The maximum atomic E-state index is 11.9. The van der Waals surface area contributed by atoms with E-state index in [0.717, 1.165) is 11.3 Å². The van der Waals surface area contributed by atoms with E-state index < -0.39 is 22.8 Å². The second kappa shape index (κ2) is 6.66. The summed E-state index contributed by atoms with van der Waals surface area (Å²) in [6.07, 6.45) is 0.937. The molecular formula is C13H18N2O5S. The molecule has 0 bridgehead atoms. The summed E-state index contributed by atoms with van der Waals surface area (Å²) >= 11 is 0.722. The molecule has 1 aromatic heterocycles. The molecule has 8 heteroatoms. The molecule has 116 valence electrons. The van der Waals surface area contributed by atoms with Gasteiger partial charge < -0.3 is 10.4 Å². The minimum Gasteiger partial charge on any atom is -0.480 e. The molecule has 1 amide bonds. The van der Waals surface area contributed by atoms with Crippen LogP contribution in [-0.4, -0.2) is 27.9 Å². The molecule has 0 saturated heterocycles. The molecule has 1 rings (SSSR count).